The first-order valence-corrected chi connectivity index (χ1v) is 7.51. The summed E-state index contributed by atoms with van der Waals surface area (Å²) in [7, 11) is 0. The summed E-state index contributed by atoms with van der Waals surface area (Å²) < 4.78 is 0. The fourth-order valence-corrected chi connectivity index (χ4v) is 2.39. The molecule has 2 aromatic heterocycles. The molecule has 0 saturated carbocycles. The van der Waals surface area contributed by atoms with Gasteiger partial charge in [0.05, 0.1) is 5.52 Å². The van der Waals surface area contributed by atoms with Crippen LogP contribution in [-0.2, 0) is 11.2 Å². The van der Waals surface area contributed by atoms with Crippen LogP contribution < -0.4 is 5.32 Å². The molecule has 0 aliphatic heterocycles. The van der Waals surface area contributed by atoms with Gasteiger partial charge in [-0.15, -0.1) is 0 Å². The Balaban J connectivity index is 1.56. The van der Waals surface area contributed by atoms with Crippen LogP contribution in [0.5, 0.6) is 0 Å². The Bertz CT molecular complexity index is 823. The minimum atomic E-state index is -0.102. The molecule has 1 amide bonds. The summed E-state index contributed by atoms with van der Waals surface area (Å²) in [5.41, 5.74) is 3.09. The number of hydrogen-bond acceptors (Lipinski definition) is 3. The molecule has 114 valence electrons. The minimum Gasteiger partial charge on any atom is -0.352 e. The molecule has 1 N–H and O–H groups in total. The van der Waals surface area contributed by atoms with E-state index >= 15 is 0 Å². The van der Waals surface area contributed by atoms with Crippen LogP contribution in [0, 0.1) is 0 Å². The number of nitrogens with one attached hydrogen (secondary N) is 1. The molecule has 0 spiro atoms. The molecule has 0 unspecified atom stereocenters. The van der Waals surface area contributed by atoms with Crippen LogP contribution >= 0.6 is 0 Å². The maximum atomic E-state index is 11.8. The van der Waals surface area contributed by atoms with Crippen molar-refractivity contribution in [1.29, 1.82) is 0 Å². The quantitative estimate of drug-likeness (QED) is 0.737. The number of hydrogen-bond donors (Lipinski definition) is 1. The average Bonchev–Trinajstić information content (AvgIpc) is 2.61. The standard InChI is InChI=1S/C19H17N3O/c23-18(7-6-15-8-12-20-13-9-15)21-14-10-17-4-1-3-16-5-2-11-22-19(16)17/h1-9,11-13H,10,14H2,(H,21,23). The van der Waals surface area contributed by atoms with Crippen LogP contribution in [0.15, 0.2) is 67.1 Å². The van der Waals surface area contributed by atoms with Crippen molar-refractivity contribution in [3.63, 3.8) is 0 Å². The van der Waals surface area contributed by atoms with E-state index in [-0.39, 0.29) is 5.91 Å². The van der Waals surface area contributed by atoms with E-state index in [4.69, 9.17) is 0 Å². The van der Waals surface area contributed by atoms with Gasteiger partial charge in [-0.1, -0.05) is 24.3 Å². The highest BCUT2D eigenvalue weighted by atomic mass is 16.1. The van der Waals surface area contributed by atoms with Crippen LogP contribution in [-0.4, -0.2) is 22.4 Å². The lowest BCUT2D eigenvalue weighted by molar-refractivity contribution is -0.116. The van der Waals surface area contributed by atoms with Crippen molar-refractivity contribution < 1.29 is 4.79 Å². The van der Waals surface area contributed by atoms with Gasteiger partial charge in [0.15, 0.2) is 0 Å². The third-order valence-corrected chi connectivity index (χ3v) is 3.54. The molecule has 0 aliphatic rings. The smallest absolute Gasteiger partial charge is 0.244 e. The monoisotopic (exact) mass is 303 g/mol. The summed E-state index contributed by atoms with van der Waals surface area (Å²) in [6.07, 6.45) is 9.26. The number of carbonyl (C=O) groups is 1. The molecule has 0 fully saturated rings. The van der Waals surface area contributed by atoms with Crippen molar-refractivity contribution in [3.05, 3.63) is 78.3 Å². The highest BCUT2D eigenvalue weighted by Crippen LogP contribution is 2.15. The highest BCUT2D eigenvalue weighted by molar-refractivity contribution is 5.91. The number of amides is 1. The van der Waals surface area contributed by atoms with Crippen LogP contribution in [0.1, 0.15) is 11.1 Å². The highest BCUT2D eigenvalue weighted by Gasteiger charge is 2.02. The van der Waals surface area contributed by atoms with Gasteiger partial charge < -0.3 is 5.32 Å². The molecule has 3 rings (SSSR count). The summed E-state index contributed by atoms with van der Waals surface area (Å²) in [6, 6.07) is 13.8. The largest absolute Gasteiger partial charge is 0.352 e. The Kier molecular flexibility index (Phi) is 4.74. The molecule has 4 heteroatoms. The van der Waals surface area contributed by atoms with Gasteiger partial charge in [0.25, 0.3) is 0 Å². The predicted molar refractivity (Wildman–Crippen MR) is 91.7 cm³/mol. The lowest BCUT2D eigenvalue weighted by Crippen LogP contribution is -2.23. The zero-order chi connectivity index (χ0) is 15.9. The number of fused-ring (bicyclic) bond motifs is 1. The van der Waals surface area contributed by atoms with Crippen molar-refractivity contribution >= 4 is 22.9 Å². The number of carbonyl (C=O) groups excluding carboxylic acids is 1. The molecule has 2 heterocycles. The Morgan fingerprint density at radius 3 is 2.74 bits per heavy atom. The topological polar surface area (TPSA) is 54.9 Å². The molecule has 23 heavy (non-hydrogen) atoms. The van der Waals surface area contributed by atoms with Crippen molar-refractivity contribution in [2.24, 2.45) is 0 Å². The van der Waals surface area contributed by atoms with Gasteiger partial charge in [-0.3, -0.25) is 14.8 Å². The van der Waals surface area contributed by atoms with Crippen molar-refractivity contribution in [1.82, 2.24) is 15.3 Å². The second-order valence-corrected chi connectivity index (χ2v) is 5.15. The first kappa shape index (κ1) is 14.9. The van der Waals surface area contributed by atoms with E-state index in [0.29, 0.717) is 6.54 Å². The number of para-hydroxylation sites is 1. The Morgan fingerprint density at radius 2 is 1.87 bits per heavy atom. The van der Waals surface area contributed by atoms with E-state index in [1.807, 2.05) is 42.5 Å². The molecular formula is C19H17N3O. The van der Waals surface area contributed by atoms with Gasteiger partial charge in [-0.25, -0.2) is 0 Å². The lowest BCUT2D eigenvalue weighted by Gasteiger charge is -2.06. The fourth-order valence-electron chi connectivity index (χ4n) is 2.39. The Labute approximate surface area is 134 Å². The Morgan fingerprint density at radius 1 is 1.04 bits per heavy atom. The van der Waals surface area contributed by atoms with Gasteiger partial charge in [0.1, 0.15) is 0 Å². The zero-order valence-electron chi connectivity index (χ0n) is 12.6. The molecule has 0 saturated heterocycles. The lowest BCUT2D eigenvalue weighted by atomic mass is 10.1. The average molecular weight is 303 g/mol. The number of aromatic nitrogens is 2. The molecular weight excluding hydrogens is 286 g/mol. The van der Waals surface area contributed by atoms with Gasteiger partial charge in [-0.05, 0) is 41.8 Å². The summed E-state index contributed by atoms with van der Waals surface area (Å²) in [5, 5.41) is 4.02. The molecule has 1 aromatic carbocycles. The van der Waals surface area contributed by atoms with Gasteiger partial charge in [0, 0.05) is 36.6 Å². The SMILES string of the molecule is O=C(C=Cc1ccncc1)NCCc1cccc2cccnc12. The summed E-state index contributed by atoms with van der Waals surface area (Å²) in [4.78, 5) is 20.2. The minimum absolute atomic E-state index is 0.102. The third-order valence-electron chi connectivity index (χ3n) is 3.54. The normalized spacial score (nSPS) is 11.0. The summed E-state index contributed by atoms with van der Waals surface area (Å²) in [5.74, 6) is -0.102. The van der Waals surface area contributed by atoms with Gasteiger partial charge >= 0.3 is 0 Å². The molecule has 0 bridgehead atoms. The zero-order valence-corrected chi connectivity index (χ0v) is 12.6. The van der Waals surface area contributed by atoms with Crippen molar-refractivity contribution in [3.8, 4) is 0 Å². The van der Waals surface area contributed by atoms with Crippen LogP contribution in [0.4, 0.5) is 0 Å². The first-order valence-electron chi connectivity index (χ1n) is 7.51. The van der Waals surface area contributed by atoms with Gasteiger partial charge in [-0.2, -0.15) is 0 Å². The Hall–Kier alpha value is -3.01. The van der Waals surface area contributed by atoms with Crippen LogP contribution in [0.25, 0.3) is 17.0 Å². The summed E-state index contributed by atoms with van der Waals surface area (Å²) in [6.45, 7) is 0.579. The summed E-state index contributed by atoms with van der Waals surface area (Å²) >= 11 is 0. The maximum Gasteiger partial charge on any atom is 0.244 e. The number of pyridine rings is 2. The van der Waals surface area contributed by atoms with Gasteiger partial charge in [0.2, 0.25) is 5.91 Å². The van der Waals surface area contributed by atoms with E-state index in [2.05, 4.69) is 15.3 Å². The molecule has 0 radical (unpaired) electrons. The maximum absolute atomic E-state index is 11.8. The molecule has 3 aromatic rings. The van der Waals surface area contributed by atoms with Crippen molar-refractivity contribution in [2.45, 2.75) is 6.42 Å². The van der Waals surface area contributed by atoms with E-state index < -0.39 is 0 Å². The van der Waals surface area contributed by atoms with E-state index in [1.54, 1.807) is 24.7 Å². The van der Waals surface area contributed by atoms with Crippen molar-refractivity contribution in [2.75, 3.05) is 6.54 Å². The molecule has 0 atom stereocenters. The number of rotatable bonds is 5. The third kappa shape index (κ3) is 4.01. The molecule has 0 aliphatic carbocycles. The van der Waals surface area contributed by atoms with E-state index in [0.717, 1.165) is 28.5 Å². The molecule has 4 nitrogen and oxygen atoms in total. The number of nitrogens with zero attached hydrogens (tertiary/aromatic N) is 2. The predicted octanol–water partition coefficient (Wildman–Crippen LogP) is 3.00. The van der Waals surface area contributed by atoms with E-state index in [1.165, 1.54) is 6.08 Å². The van der Waals surface area contributed by atoms with E-state index in [9.17, 15) is 4.79 Å². The number of benzene rings is 1. The second-order valence-electron chi connectivity index (χ2n) is 5.15. The first-order chi connectivity index (χ1) is 11.3. The van der Waals surface area contributed by atoms with Crippen LogP contribution in [0.3, 0.4) is 0 Å². The van der Waals surface area contributed by atoms with Crippen LogP contribution in [0.2, 0.25) is 0 Å². The second kappa shape index (κ2) is 7.31. The fraction of sp³-hybridized carbons (Fsp3) is 0.105.